The summed E-state index contributed by atoms with van der Waals surface area (Å²) < 4.78 is 0.762. The van der Waals surface area contributed by atoms with Crippen molar-refractivity contribution >= 4 is 63.2 Å². The van der Waals surface area contributed by atoms with Gasteiger partial charge in [-0.15, -0.1) is 11.6 Å². The van der Waals surface area contributed by atoms with Gasteiger partial charge in [-0.25, -0.2) is 0 Å². The molecule has 0 fully saturated rings. The van der Waals surface area contributed by atoms with Crippen molar-refractivity contribution in [3.05, 3.63) is 31.3 Å². The van der Waals surface area contributed by atoms with E-state index in [4.69, 9.17) is 34.8 Å². The molecule has 5 heteroatoms. The molecule has 1 aromatic carbocycles. The van der Waals surface area contributed by atoms with E-state index in [-0.39, 0.29) is 16.7 Å². The number of alkyl halides is 1. The molecule has 0 unspecified atom stereocenters. The second kappa shape index (κ2) is 4.82. The minimum atomic E-state index is -0.210. The normalized spacial score (nSPS) is 10.2. The molecule has 0 amide bonds. The number of hydrogen-bond donors (Lipinski definition) is 0. The Bertz CT molecular complexity index is 351. The summed E-state index contributed by atoms with van der Waals surface area (Å²) in [6, 6.07) is 3.38. The third-order valence-electron chi connectivity index (χ3n) is 1.44. The van der Waals surface area contributed by atoms with Gasteiger partial charge in [-0.05, 0) is 34.7 Å². The van der Waals surface area contributed by atoms with Crippen LogP contribution in [0, 0.1) is 3.57 Å². The minimum Gasteiger partial charge on any atom is -0.293 e. The van der Waals surface area contributed by atoms with Crippen molar-refractivity contribution in [2.24, 2.45) is 0 Å². The van der Waals surface area contributed by atoms with E-state index < -0.39 is 0 Å². The third-order valence-corrected chi connectivity index (χ3v) is 3.39. The van der Waals surface area contributed by atoms with E-state index in [2.05, 4.69) is 0 Å². The van der Waals surface area contributed by atoms with Crippen LogP contribution in [0.4, 0.5) is 0 Å². The lowest BCUT2D eigenvalue weighted by atomic mass is 10.1. The molecule has 0 N–H and O–H groups in total. The first kappa shape index (κ1) is 11.6. The molecule has 0 aliphatic rings. The largest absolute Gasteiger partial charge is 0.293 e. The predicted molar refractivity (Wildman–Crippen MR) is 64.2 cm³/mol. The lowest BCUT2D eigenvalue weighted by Gasteiger charge is -2.05. The number of hydrogen-bond acceptors (Lipinski definition) is 1. The van der Waals surface area contributed by atoms with Crippen molar-refractivity contribution < 1.29 is 4.79 Å². The van der Waals surface area contributed by atoms with Crippen LogP contribution in [0.15, 0.2) is 12.1 Å². The lowest BCUT2D eigenvalue weighted by Crippen LogP contribution is -2.04. The molecule has 0 aromatic heterocycles. The Labute approximate surface area is 104 Å². The summed E-state index contributed by atoms with van der Waals surface area (Å²) in [7, 11) is 0. The molecule has 0 spiro atoms. The van der Waals surface area contributed by atoms with Gasteiger partial charge in [0, 0.05) is 3.57 Å². The van der Waals surface area contributed by atoms with Crippen LogP contribution in [0.3, 0.4) is 0 Å². The van der Waals surface area contributed by atoms with E-state index in [9.17, 15) is 4.79 Å². The Morgan fingerprint density at radius 1 is 1.38 bits per heavy atom. The summed E-state index contributed by atoms with van der Waals surface area (Å²) in [5.41, 5.74) is 0.407. The molecular formula is C8H4Cl3IO. The maximum atomic E-state index is 11.3. The van der Waals surface area contributed by atoms with E-state index >= 15 is 0 Å². The van der Waals surface area contributed by atoms with Gasteiger partial charge in [0.05, 0.1) is 21.5 Å². The molecule has 0 aliphatic heterocycles. The van der Waals surface area contributed by atoms with Crippen LogP contribution in [0.2, 0.25) is 10.0 Å². The highest BCUT2D eigenvalue weighted by molar-refractivity contribution is 14.1. The van der Waals surface area contributed by atoms with Crippen molar-refractivity contribution in [3.63, 3.8) is 0 Å². The average Bonchev–Trinajstić information content (AvgIpc) is 2.12. The van der Waals surface area contributed by atoms with Gasteiger partial charge >= 0.3 is 0 Å². The summed E-state index contributed by atoms with van der Waals surface area (Å²) >= 11 is 19.1. The standard InChI is InChI=1S/C8H4Cl3IO/c9-3-6(13)7-5(12)2-1-4(10)8(7)11/h1-2H,3H2. The van der Waals surface area contributed by atoms with Crippen molar-refractivity contribution in [3.8, 4) is 0 Å². The second-order valence-electron chi connectivity index (χ2n) is 2.27. The summed E-state index contributed by atoms with van der Waals surface area (Å²) in [6.07, 6.45) is 0. The quantitative estimate of drug-likeness (QED) is 0.341. The second-order valence-corrected chi connectivity index (χ2v) is 4.49. The van der Waals surface area contributed by atoms with Gasteiger partial charge in [-0.3, -0.25) is 4.79 Å². The highest BCUT2D eigenvalue weighted by Crippen LogP contribution is 2.29. The molecule has 0 saturated carbocycles. The van der Waals surface area contributed by atoms with E-state index in [1.165, 1.54) is 0 Å². The van der Waals surface area contributed by atoms with Gasteiger partial charge in [-0.2, -0.15) is 0 Å². The van der Waals surface area contributed by atoms with Crippen LogP contribution in [-0.2, 0) is 0 Å². The van der Waals surface area contributed by atoms with Crippen molar-refractivity contribution in [1.29, 1.82) is 0 Å². The molecular weight excluding hydrogens is 345 g/mol. The van der Waals surface area contributed by atoms with Crippen molar-refractivity contribution in [1.82, 2.24) is 0 Å². The number of rotatable bonds is 2. The number of ketones is 1. The lowest BCUT2D eigenvalue weighted by molar-refractivity contribution is 0.102. The Morgan fingerprint density at radius 3 is 2.54 bits per heavy atom. The summed E-state index contributed by atoms with van der Waals surface area (Å²) in [5.74, 6) is -0.297. The monoisotopic (exact) mass is 348 g/mol. The van der Waals surface area contributed by atoms with Gasteiger partial charge in [0.15, 0.2) is 5.78 Å². The van der Waals surface area contributed by atoms with Crippen LogP contribution in [0.1, 0.15) is 10.4 Å². The highest BCUT2D eigenvalue weighted by Gasteiger charge is 2.15. The summed E-state index contributed by atoms with van der Waals surface area (Å²) in [4.78, 5) is 11.3. The molecule has 1 rings (SSSR count). The zero-order valence-corrected chi connectivity index (χ0v) is 10.7. The van der Waals surface area contributed by atoms with Crippen LogP contribution in [-0.4, -0.2) is 11.7 Å². The van der Waals surface area contributed by atoms with Gasteiger partial charge < -0.3 is 0 Å². The molecule has 13 heavy (non-hydrogen) atoms. The Morgan fingerprint density at radius 2 is 2.00 bits per heavy atom. The van der Waals surface area contributed by atoms with Crippen LogP contribution < -0.4 is 0 Å². The molecule has 1 nitrogen and oxygen atoms in total. The Kier molecular flexibility index (Phi) is 4.29. The fourth-order valence-electron chi connectivity index (χ4n) is 0.849. The molecule has 0 radical (unpaired) electrons. The zero-order valence-electron chi connectivity index (χ0n) is 6.28. The SMILES string of the molecule is O=C(CCl)c1c(I)ccc(Cl)c1Cl. The minimum absolute atomic E-state index is 0.0872. The van der Waals surface area contributed by atoms with E-state index in [1.54, 1.807) is 12.1 Å². The first-order valence-electron chi connectivity index (χ1n) is 3.30. The third kappa shape index (κ3) is 2.49. The molecule has 0 atom stereocenters. The average molecular weight is 349 g/mol. The van der Waals surface area contributed by atoms with Crippen LogP contribution in [0.25, 0.3) is 0 Å². The summed E-state index contributed by atoms with van der Waals surface area (Å²) in [5, 5.41) is 0.648. The van der Waals surface area contributed by atoms with E-state index in [0.29, 0.717) is 10.6 Å². The Hall–Kier alpha value is 0.490. The fourth-order valence-corrected chi connectivity index (χ4v) is 2.32. The summed E-state index contributed by atoms with van der Waals surface area (Å²) in [6.45, 7) is 0. The number of carbonyl (C=O) groups excluding carboxylic acids is 1. The Balaban J connectivity index is 3.33. The van der Waals surface area contributed by atoms with Crippen LogP contribution in [0.5, 0.6) is 0 Å². The maximum absolute atomic E-state index is 11.3. The van der Waals surface area contributed by atoms with E-state index in [0.717, 1.165) is 3.57 Å². The maximum Gasteiger partial charge on any atom is 0.180 e. The number of halogens is 4. The van der Waals surface area contributed by atoms with Crippen molar-refractivity contribution in [2.75, 3.05) is 5.88 Å². The van der Waals surface area contributed by atoms with Gasteiger partial charge in [0.25, 0.3) is 0 Å². The van der Waals surface area contributed by atoms with E-state index in [1.807, 2.05) is 22.6 Å². The first-order valence-corrected chi connectivity index (χ1v) is 5.67. The molecule has 0 aliphatic carbocycles. The molecule has 0 bridgehead atoms. The number of benzene rings is 1. The smallest absolute Gasteiger partial charge is 0.180 e. The zero-order chi connectivity index (χ0) is 10.0. The van der Waals surface area contributed by atoms with Crippen molar-refractivity contribution in [2.45, 2.75) is 0 Å². The molecule has 0 heterocycles. The molecule has 1 aromatic rings. The number of carbonyl (C=O) groups is 1. The fraction of sp³-hybridized carbons (Fsp3) is 0.125. The predicted octanol–water partition coefficient (Wildman–Crippen LogP) is 4.02. The van der Waals surface area contributed by atoms with Gasteiger partial charge in [-0.1, -0.05) is 23.2 Å². The topological polar surface area (TPSA) is 17.1 Å². The van der Waals surface area contributed by atoms with Gasteiger partial charge in [0.2, 0.25) is 0 Å². The molecule has 0 saturated heterocycles. The first-order chi connectivity index (χ1) is 6.07. The number of Topliss-reactive ketones (excluding diaryl/α,β-unsaturated/α-hetero) is 1. The van der Waals surface area contributed by atoms with Crippen LogP contribution >= 0.6 is 57.4 Å². The molecule has 70 valence electrons. The van der Waals surface area contributed by atoms with Gasteiger partial charge in [0.1, 0.15) is 0 Å². The highest BCUT2D eigenvalue weighted by atomic mass is 127.